The Morgan fingerprint density at radius 1 is 1.12 bits per heavy atom. The number of nitrogens with one attached hydrogen (secondary N) is 1. The van der Waals surface area contributed by atoms with Gasteiger partial charge in [-0.05, 0) is 49.7 Å². The number of thioether (sulfide) groups is 1. The van der Waals surface area contributed by atoms with Gasteiger partial charge >= 0.3 is 0 Å². The summed E-state index contributed by atoms with van der Waals surface area (Å²) in [6.45, 7) is 6.60. The minimum Gasteiger partial charge on any atom is -0.379 e. The molecular formula is C25H29FN4O3S. The van der Waals surface area contributed by atoms with Crippen molar-refractivity contribution in [2.75, 3.05) is 44.7 Å². The summed E-state index contributed by atoms with van der Waals surface area (Å²) in [4.78, 5) is 34.4. The van der Waals surface area contributed by atoms with Crippen molar-refractivity contribution in [3.8, 4) is 0 Å². The molecule has 0 spiro atoms. The van der Waals surface area contributed by atoms with Gasteiger partial charge in [-0.3, -0.25) is 19.4 Å². The monoisotopic (exact) mass is 484 g/mol. The van der Waals surface area contributed by atoms with Gasteiger partial charge in [0.15, 0.2) is 5.17 Å². The summed E-state index contributed by atoms with van der Waals surface area (Å²) in [5, 5.41) is 2.87. The molecule has 0 radical (unpaired) electrons. The summed E-state index contributed by atoms with van der Waals surface area (Å²) in [5.74, 6) is -0.676. The molecule has 7 nitrogen and oxygen atoms in total. The molecule has 0 bridgehead atoms. The van der Waals surface area contributed by atoms with Crippen LogP contribution < -0.4 is 5.32 Å². The lowest BCUT2D eigenvalue weighted by Gasteiger charge is -2.27. The van der Waals surface area contributed by atoms with E-state index >= 15 is 0 Å². The van der Waals surface area contributed by atoms with E-state index in [0.29, 0.717) is 23.1 Å². The van der Waals surface area contributed by atoms with Crippen molar-refractivity contribution in [2.45, 2.75) is 25.0 Å². The molecule has 0 unspecified atom stereocenters. The van der Waals surface area contributed by atoms with Crippen molar-refractivity contribution in [2.24, 2.45) is 4.99 Å². The number of amidine groups is 1. The van der Waals surface area contributed by atoms with E-state index in [1.807, 2.05) is 31.2 Å². The number of hydrogen-bond donors (Lipinski definition) is 1. The third-order valence-corrected chi connectivity index (χ3v) is 6.91. The molecule has 2 aliphatic heterocycles. The van der Waals surface area contributed by atoms with Crippen LogP contribution in [0.2, 0.25) is 0 Å². The van der Waals surface area contributed by atoms with Crippen molar-refractivity contribution < 1.29 is 18.7 Å². The molecule has 4 rings (SSSR count). The van der Waals surface area contributed by atoms with Gasteiger partial charge in [0.1, 0.15) is 11.1 Å². The van der Waals surface area contributed by atoms with E-state index in [1.54, 1.807) is 17.0 Å². The first kappa shape index (κ1) is 24.4. The number of anilines is 1. The molecule has 2 amide bonds. The van der Waals surface area contributed by atoms with E-state index in [4.69, 9.17) is 4.74 Å². The Hall–Kier alpha value is -2.75. The van der Waals surface area contributed by atoms with Gasteiger partial charge in [0.2, 0.25) is 11.8 Å². The minimum absolute atomic E-state index is 0.0553. The van der Waals surface area contributed by atoms with Crippen molar-refractivity contribution in [1.82, 2.24) is 9.80 Å². The highest BCUT2D eigenvalue weighted by molar-refractivity contribution is 8.15. The van der Waals surface area contributed by atoms with Gasteiger partial charge < -0.3 is 10.1 Å². The van der Waals surface area contributed by atoms with Crippen molar-refractivity contribution in [3.63, 3.8) is 0 Å². The summed E-state index contributed by atoms with van der Waals surface area (Å²) in [5.41, 5.74) is 2.38. The van der Waals surface area contributed by atoms with Crippen LogP contribution in [0.1, 0.15) is 18.4 Å². The van der Waals surface area contributed by atoms with Gasteiger partial charge in [0.25, 0.3) is 0 Å². The largest absolute Gasteiger partial charge is 0.379 e. The zero-order chi connectivity index (χ0) is 23.9. The molecular weight excluding hydrogens is 455 g/mol. The number of morpholine rings is 1. The zero-order valence-electron chi connectivity index (χ0n) is 19.2. The second-order valence-electron chi connectivity index (χ2n) is 8.39. The van der Waals surface area contributed by atoms with E-state index in [0.717, 1.165) is 44.8 Å². The average Bonchev–Trinajstić information content (AvgIpc) is 3.11. The Morgan fingerprint density at radius 3 is 2.53 bits per heavy atom. The quantitative estimate of drug-likeness (QED) is 0.617. The Bertz CT molecular complexity index is 1020. The number of halogens is 1. The number of hydrogen-bond acceptors (Lipinski definition) is 6. The maximum atomic E-state index is 13.3. The average molecular weight is 485 g/mol. The number of aliphatic imine (C=N–C) groups is 1. The van der Waals surface area contributed by atoms with Crippen LogP contribution in [0.25, 0.3) is 0 Å². The first-order chi connectivity index (χ1) is 16.5. The van der Waals surface area contributed by atoms with Crippen LogP contribution in [0.3, 0.4) is 0 Å². The van der Waals surface area contributed by atoms with E-state index in [1.165, 1.54) is 23.9 Å². The third kappa shape index (κ3) is 6.65. The fraction of sp³-hybridized carbons (Fsp3) is 0.400. The molecule has 180 valence electrons. The lowest BCUT2D eigenvalue weighted by atomic mass is 10.2. The number of nitrogens with zero attached hydrogens (tertiary/aromatic N) is 3. The summed E-state index contributed by atoms with van der Waals surface area (Å²) in [6.07, 6.45) is 0.844. The number of carbonyl (C=O) groups excluding carboxylic acids is 2. The molecule has 0 aliphatic carbocycles. The fourth-order valence-electron chi connectivity index (χ4n) is 3.85. The van der Waals surface area contributed by atoms with Gasteiger partial charge in [-0.2, -0.15) is 0 Å². The van der Waals surface area contributed by atoms with Crippen LogP contribution in [0.5, 0.6) is 0 Å². The Kier molecular flexibility index (Phi) is 8.31. The van der Waals surface area contributed by atoms with Gasteiger partial charge in [0, 0.05) is 38.3 Å². The topological polar surface area (TPSA) is 74.2 Å². The second kappa shape index (κ2) is 11.6. The molecule has 2 aromatic carbocycles. The van der Waals surface area contributed by atoms with Crippen molar-refractivity contribution >= 4 is 40.1 Å². The van der Waals surface area contributed by atoms with Crippen LogP contribution in [-0.4, -0.2) is 71.4 Å². The molecule has 2 fully saturated rings. The molecule has 9 heteroatoms. The highest BCUT2D eigenvalue weighted by atomic mass is 32.2. The maximum Gasteiger partial charge on any atom is 0.242 e. The van der Waals surface area contributed by atoms with Gasteiger partial charge in [-0.15, -0.1) is 0 Å². The number of ether oxygens (including phenoxy) is 1. The number of carbonyl (C=O) groups is 2. The van der Waals surface area contributed by atoms with Crippen LogP contribution in [0, 0.1) is 12.7 Å². The molecule has 34 heavy (non-hydrogen) atoms. The minimum atomic E-state index is -0.548. The summed E-state index contributed by atoms with van der Waals surface area (Å²) >= 11 is 1.29. The molecule has 1 atom stereocenters. The highest BCUT2D eigenvalue weighted by Crippen LogP contribution is 2.32. The first-order valence-electron chi connectivity index (χ1n) is 11.5. The SMILES string of the molecule is Cc1ccc(NC(=O)C[C@H]2SC(=Nc3ccc(F)cc3)N(CCCN3CCOCC3)C2=O)cc1. The molecule has 2 aliphatic rings. The standard InChI is InChI=1S/C25H29FN4O3S/c1-18-3-7-20(8-4-18)27-23(31)17-22-24(32)30(12-2-11-29-13-15-33-16-14-29)25(34-22)28-21-9-5-19(26)6-10-21/h3-10,22H,2,11-17H2,1H3,(H,27,31)/t22-/m1/s1. The van der Waals surface area contributed by atoms with Crippen LogP contribution >= 0.6 is 11.8 Å². The number of rotatable bonds is 8. The summed E-state index contributed by atoms with van der Waals surface area (Å²) in [7, 11) is 0. The number of benzene rings is 2. The first-order valence-corrected chi connectivity index (χ1v) is 12.3. The predicted octanol–water partition coefficient (Wildman–Crippen LogP) is 3.82. The maximum absolute atomic E-state index is 13.3. The summed E-state index contributed by atoms with van der Waals surface area (Å²) < 4.78 is 18.7. The number of aryl methyl sites for hydroxylation is 1. The van der Waals surface area contributed by atoms with Gasteiger partial charge in [-0.25, -0.2) is 9.38 Å². The van der Waals surface area contributed by atoms with Gasteiger partial charge in [-0.1, -0.05) is 29.5 Å². The van der Waals surface area contributed by atoms with E-state index in [2.05, 4.69) is 15.2 Å². The smallest absolute Gasteiger partial charge is 0.242 e. The second-order valence-corrected chi connectivity index (χ2v) is 9.56. The molecule has 2 aromatic rings. The van der Waals surface area contributed by atoms with Crippen LogP contribution in [-0.2, 0) is 14.3 Å². The lowest BCUT2D eigenvalue weighted by molar-refractivity contribution is -0.128. The predicted molar refractivity (Wildman–Crippen MR) is 133 cm³/mol. The highest BCUT2D eigenvalue weighted by Gasteiger charge is 2.39. The van der Waals surface area contributed by atoms with Crippen molar-refractivity contribution in [3.05, 3.63) is 59.9 Å². The normalized spacial score (nSPS) is 20.2. The Labute approximate surface area is 203 Å². The molecule has 1 N–H and O–H groups in total. The van der Waals surface area contributed by atoms with Crippen LogP contribution in [0.15, 0.2) is 53.5 Å². The third-order valence-electron chi connectivity index (χ3n) is 5.74. The van der Waals surface area contributed by atoms with Crippen molar-refractivity contribution in [1.29, 1.82) is 0 Å². The number of amides is 2. The van der Waals surface area contributed by atoms with E-state index in [9.17, 15) is 14.0 Å². The van der Waals surface area contributed by atoms with E-state index < -0.39 is 5.25 Å². The molecule has 0 saturated carbocycles. The molecule has 2 heterocycles. The Morgan fingerprint density at radius 2 is 1.82 bits per heavy atom. The zero-order valence-corrected chi connectivity index (χ0v) is 20.0. The molecule has 2 saturated heterocycles. The lowest BCUT2D eigenvalue weighted by Crippen LogP contribution is -2.39. The van der Waals surface area contributed by atoms with Crippen LogP contribution in [0.4, 0.5) is 15.8 Å². The van der Waals surface area contributed by atoms with Gasteiger partial charge in [0.05, 0.1) is 18.9 Å². The van der Waals surface area contributed by atoms with E-state index in [-0.39, 0.29) is 24.1 Å². The molecule has 0 aromatic heterocycles. The fourth-order valence-corrected chi connectivity index (χ4v) is 5.04. The Balaban J connectivity index is 1.42. The summed E-state index contributed by atoms with van der Waals surface area (Å²) in [6, 6.07) is 13.4.